The molecule has 8 heteroatoms. The van der Waals surface area contributed by atoms with E-state index in [-0.39, 0.29) is 10.8 Å². The monoisotopic (exact) mass is 468 g/mol. The average Bonchev–Trinajstić information content (AvgIpc) is 2.84. The standard InChI is InChI=1S/C25H28N2O5S/c1-6-18-9-7-8-17(2)24(18)26-25(28)19-10-12-20(13-11-19)27(3)33(29,30)21-14-15-22(31-4)23(16-21)32-5/h7-16H,6H2,1-5H3,(H,26,28). The van der Waals surface area contributed by atoms with Gasteiger partial charge in [-0.3, -0.25) is 9.10 Å². The summed E-state index contributed by atoms with van der Waals surface area (Å²) in [6.45, 7) is 3.99. The molecule has 0 atom stereocenters. The topological polar surface area (TPSA) is 84.9 Å². The Bertz CT molecular complexity index is 1250. The molecule has 0 spiro atoms. The summed E-state index contributed by atoms with van der Waals surface area (Å²) in [7, 11) is 0.542. The number of methoxy groups -OCH3 is 2. The molecule has 3 rings (SSSR count). The van der Waals surface area contributed by atoms with Crippen molar-refractivity contribution in [3.8, 4) is 11.5 Å². The van der Waals surface area contributed by atoms with Gasteiger partial charge in [-0.25, -0.2) is 8.42 Å². The van der Waals surface area contributed by atoms with Gasteiger partial charge in [0.25, 0.3) is 15.9 Å². The van der Waals surface area contributed by atoms with Crippen molar-refractivity contribution in [3.05, 3.63) is 77.4 Å². The highest BCUT2D eigenvalue weighted by molar-refractivity contribution is 7.92. The molecular formula is C25H28N2O5S. The first-order chi connectivity index (χ1) is 15.7. The minimum atomic E-state index is -3.85. The van der Waals surface area contributed by atoms with Crippen LogP contribution in [0.2, 0.25) is 0 Å². The van der Waals surface area contributed by atoms with E-state index >= 15 is 0 Å². The fourth-order valence-corrected chi connectivity index (χ4v) is 4.70. The average molecular weight is 469 g/mol. The second-order valence-corrected chi connectivity index (χ2v) is 9.42. The number of hydrogen-bond donors (Lipinski definition) is 1. The zero-order valence-electron chi connectivity index (χ0n) is 19.4. The van der Waals surface area contributed by atoms with Crippen LogP contribution in [0.5, 0.6) is 11.5 Å². The van der Waals surface area contributed by atoms with Crippen LogP contribution >= 0.6 is 0 Å². The normalized spacial score (nSPS) is 11.1. The van der Waals surface area contributed by atoms with Gasteiger partial charge in [0.2, 0.25) is 0 Å². The van der Waals surface area contributed by atoms with Gasteiger partial charge >= 0.3 is 0 Å². The van der Waals surface area contributed by atoms with E-state index in [0.717, 1.165) is 27.5 Å². The van der Waals surface area contributed by atoms with Gasteiger partial charge in [0.1, 0.15) is 0 Å². The third kappa shape index (κ3) is 4.96. The Labute approximate surface area is 195 Å². The summed E-state index contributed by atoms with van der Waals surface area (Å²) in [5, 5.41) is 2.98. The van der Waals surface area contributed by atoms with E-state index in [1.807, 2.05) is 32.0 Å². The van der Waals surface area contributed by atoms with Gasteiger partial charge in [0.15, 0.2) is 11.5 Å². The van der Waals surface area contributed by atoms with Crippen LogP contribution in [0.25, 0.3) is 0 Å². The molecule has 0 aromatic heterocycles. The predicted molar refractivity (Wildman–Crippen MR) is 130 cm³/mol. The van der Waals surface area contributed by atoms with Crippen LogP contribution in [0.15, 0.2) is 65.6 Å². The first-order valence-electron chi connectivity index (χ1n) is 10.4. The van der Waals surface area contributed by atoms with Crippen molar-refractivity contribution in [1.29, 1.82) is 0 Å². The molecule has 7 nitrogen and oxygen atoms in total. The van der Waals surface area contributed by atoms with Gasteiger partial charge in [0, 0.05) is 24.4 Å². The highest BCUT2D eigenvalue weighted by Crippen LogP contribution is 2.31. The molecule has 174 valence electrons. The highest BCUT2D eigenvalue weighted by atomic mass is 32.2. The number of nitrogens with zero attached hydrogens (tertiary/aromatic N) is 1. The zero-order chi connectivity index (χ0) is 24.2. The molecule has 1 amide bonds. The maximum absolute atomic E-state index is 13.1. The summed E-state index contributed by atoms with van der Waals surface area (Å²) in [5.41, 5.74) is 3.70. The van der Waals surface area contributed by atoms with Crippen LogP contribution in [0, 0.1) is 6.92 Å². The van der Waals surface area contributed by atoms with Gasteiger partial charge in [-0.15, -0.1) is 0 Å². The van der Waals surface area contributed by atoms with Gasteiger partial charge in [0.05, 0.1) is 24.8 Å². The lowest BCUT2D eigenvalue weighted by molar-refractivity contribution is 0.102. The number of carbonyl (C=O) groups is 1. The summed E-state index contributed by atoms with van der Waals surface area (Å²) in [6, 6.07) is 16.7. The van der Waals surface area contributed by atoms with E-state index in [1.165, 1.54) is 33.4 Å². The minimum absolute atomic E-state index is 0.0658. The van der Waals surface area contributed by atoms with Gasteiger partial charge in [-0.05, 0) is 60.9 Å². The van der Waals surface area contributed by atoms with Crippen LogP contribution in [-0.4, -0.2) is 35.6 Å². The largest absolute Gasteiger partial charge is 0.493 e. The Morgan fingerprint density at radius 2 is 1.64 bits per heavy atom. The molecule has 0 bridgehead atoms. The van der Waals surface area contributed by atoms with Crippen LogP contribution in [0.4, 0.5) is 11.4 Å². The minimum Gasteiger partial charge on any atom is -0.493 e. The molecule has 33 heavy (non-hydrogen) atoms. The number of hydrogen-bond acceptors (Lipinski definition) is 5. The van der Waals surface area contributed by atoms with E-state index in [9.17, 15) is 13.2 Å². The Hall–Kier alpha value is -3.52. The van der Waals surface area contributed by atoms with Gasteiger partial charge in [-0.1, -0.05) is 25.1 Å². The molecule has 0 fully saturated rings. The maximum Gasteiger partial charge on any atom is 0.264 e. The Kier molecular flexibility index (Phi) is 7.28. The Morgan fingerprint density at radius 1 is 0.970 bits per heavy atom. The number of rotatable bonds is 8. The third-order valence-electron chi connectivity index (χ3n) is 5.49. The molecule has 1 N–H and O–H groups in total. The predicted octanol–water partition coefficient (Wildman–Crippen LogP) is 4.65. The zero-order valence-corrected chi connectivity index (χ0v) is 20.2. The van der Waals surface area contributed by atoms with Crippen molar-refractivity contribution < 1.29 is 22.7 Å². The van der Waals surface area contributed by atoms with Gasteiger partial charge < -0.3 is 14.8 Å². The van der Waals surface area contributed by atoms with Crippen molar-refractivity contribution >= 4 is 27.3 Å². The lowest BCUT2D eigenvalue weighted by Gasteiger charge is -2.20. The number of benzene rings is 3. The second-order valence-electron chi connectivity index (χ2n) is 7.45. The smallest absolute Gasteiger partial charge is 0.264 e. The number of amides is 1. The summed E-state index contributed by atoms with van der Waals surface area (Å²) in [6.07, 6.45) is 0.801. The molecule has 0 unspecified atom stereocenters. The van der Waals surface area contributed by atoms with Crippen LogP contribution in [-0.2, 0) is 16.4 Å². The van der Waals surface area contributed by atoms with Crippen LogP contribution in [0.3, 0.4) is 0 Å². The van der Waals surface area contributed by atoms with E-state index in [2.05, 4.69) is 5.32 Å². The second kappa shape index (κ2) is 9.95. The van der Waals surface area contributed by atoms with E-state index in [4.69, 9.17) is 9.47 Å². The summed E-state index contributed by atoms with van der Waals surface area (Å²) in [4.78, 5) is 12.9. The first kappa shape index (κ1) is 24.1. The lowest BCUT2D eigenvalue weighted by atomic mass is 10.1. The molecule has 3 aromatic carbocycles. The highest BCUT2D eigenvalue weighted by Gasteiger charge is 2.23. The molecule has 0 aliphatic heterocycles. The summed E-state index contributed by atoms with van der Waals surface area (Å²) < 4.78 is 37.8. The summed E-state index contributed by atoms with van der Waals surface area (Å²) >= 11 is 0. The SMILES string of the molecule is CCc1cccc(C)c1NC(=O)c1ccc(N(C)S(=O)(=O)c2ccc(OC)c(OC)c2)cc1. The number of ether oxygens (including phenoxy) is 2. The Morgan fingerprint density at radius 3 is 2.24 bits per heavy atom. The lowest BCUT2D eigenvalue weighted by Crippen LogP contribution is -2.26. The molecule has 0 saturated heterocycles. The molecule has 0 heterocycles. The van der Waals surface area contributed by atoms with Crippen molar-refractivity contribution in [2.75, 3.05) is 30.9 Å². The number of carbonyl (C=O) groups excluding carboxylic acids is 1. The van der Waals surface area contributed by atoms with Crippen molar-refractivity contribution in [1.82, 2.24) is 0 Å². The number of sulfonamides is 1. The van der Waals surface area contributed by atoms with E-state index < -0.39 is 10.0 Å². The van der Waals surface area contributed by atoms with Gasteiger partial charge in [-0.2, -0.15) is 0 Å². The Balaban J connectivity index is 1.83. The summed E-state index contributed by atoms with van der Waals surface area (Å²) in [5.74, 6) is 0.506. The fourth-order valence-electron chi connectivity index (χ4n) is 3.48. The van der Waals surface area contributed by atoms with Crippen LogP contribution < -0.4 is 19.1 Å². The maximum atomic E-state index is 13.1. The molecule has 3 aromatic rings. The van der Waals surface area contributed by atoms with Crippen LogP contribution in [0.1, 0.15) is 28.4 Å². The molecular weight excluding hydrogens is 440 g/mol. The number of anilines is 2. The molecule has 0 saturated carbocycles. The van der Waals surface area contributed by atoms with Crippen molar-refractivity contribution in [2.24, 2.45) is 0 Å². The van der Waals surface area contributed by atoms with E-state index in [1.54, 1.807) is 30.3 Å². The van der Waals surface area contributed by atoms with Crippen molar-refractivity contribution in [3.63, 3.8) is 0 Å². The van der Waals surface area contributed by atoms with E-state index in [0.29, 0.717) is 22.7 Å². The number of aryl methyl sites for hydroxylation is 2. The quantitative estimate of drug-likeness (QED) is 0.520. The number of nitrogens with one attached hydrogen (secondary N) is 1. The molecule has 0 aliphatic carbocycles. The third-order valence-corrected chi connectivity index (χ3v) is 7.27. The fraction of sp³-hybridized carbons (Fsp3) is 0.240. The molecule has 0 radical (unpaired) electrons. The first-order valence-corrected chi connectivity index (χ1v) is 11.9. The molecule has 0 aliphatic rings. The van der Waals surface area contributed by atoms with Crippen molar-refractivity contribution in [2.45, 2.75) is 25.2 Å². The number of para-hydroxylation sites is 1.